The zero-order valence-corrected chi connectivity index (χ0v) is 19.0. The van der Waals surface area contributed by atoms with E-state index >= 15 is 0 Å². The molecule has 7 nitrogen and oxygen atoms in total. The van der Waals surface area contributed by atoms with Crippen molar-refractivity contribution in [3.63, 3.8) is 0 Å². The first-order chi connectivity index (χ1) is 16.6. The van der Waals surface area contributed by atoms with Crippen LogP contribution in [0.25, 0.3) is 34.0 Å². The number of carboxylic acid groups (broad SMARTS) is 1. The van der Waals surface area contributed by atoms with Gasteiger partial charge >= 0.3 is 12.1 Å². The van der Waals surface area contributed by atoms with Crippen LogP contribution in [-0.4, -0.2) is 32.7 Å². The summed E-state index contributed by atoms with van der Waals surface area (Å²) in [6.07, 6.45) is -3.10. The second-order valence-corrected chi connectivity index (χ2v) is 8.03. The molecule has 2 aromatic carbocycles. The smallest absolute Gasteiger partial charge is 0.417 e. The van der Waals surface area contributed by atoms with Gasteiger partial charge in [-0.05, 0) is 47.9 Å². The Morgan fingerprint density at radius 1 is 1.11 bits per heavy atom. The lowest BCUT2D eigenvalue weighted by molar-refractivity contribution is -0.137. The van der Waals surface area contributed by atoms with Gasteiger partial charge in [0.25, 0.3) is 5.89 Å². The van der Waals surface area contributed by atoms with Gasteiger partial charge in [0.05, 0.1) is 17.0 Å². The summed E-state index contributed by atoms with van der Waals surface area (Å²) in [6.45, 7) is 1.87. The lowest BCUT2D eigenvalue weighted by atomic mass is 9.94. The molecule has 0 aliphatic rings. The van der Waals surface area contributed by atoms with Crippen molar-refractivity contribution in [2.75, 3.05) is 11.9 Å². The van der Waals surface area contributed by atoms with Crippen molar-refractivity contribution in [1.82, 2.24) is 15.1 Å². The van der Waals surface area contributed by atoms with E-state index < -0.39 is 17.7 Å². The van der Waals surface area contributed by atoms with E-state index in [0.29, 0.717) is 28.1 Å². The molecule has 180 valence electrons. The van der Waals surface area contributed by atoms with Gasteiger partial charge in [-0.25, -0.2) is 4.98 Å². The first-order valence-electron chi connectivity index (χ1n) is 10.4. The van der Waals surface area contributed by atoms with E-state index in [1.165, 1.54) is 18.3 Å². The summed E-state index contributed by atoms with van der Waals surface area (Å²) in [5.74, 6) is -0.225. The normalized spacial score (nSPS) is 11.5. The van der Waals surface area contributed by atoms with E-state index in [1.807, 2.05) is 0 Å². The number of benzene rings is 2. The molecule has 11 heteroatoms. The second kappa shape index (κ2) is 9.75. The van der Waals surface area contributed by atoms with Crippen molar-refractivity contribution in [2.24, 2.45) is 0 Å². The van der Waals surface area contributed by atoms with Crippen LogP contribution in [0.2, 0.25) is 5.02 Å². The quantitative estimate of drug-likeness (QED) is 0.304. The first-order valence-corrected chi connectivity index (χ1v) is 10.7. The van der Waals surface area contributed by atoms with Gasteiger partial charge in [0, 0.05) is 23.9 Å². The minimum Gasteiger partial charge on any atom is -0.481 e. The molecule has 35 heavy (non-hydrogen) atoms. The van der Waals surface area contributed by atoms with Gasteiger partial charge in [0.2, 0.25) is 5.82 Å². The Labute approximate surface area is 202 Å². The average Bonchev–Trinajstić information content (AvgIpc) is 3.30. The number of aryl methyl sites for hydroxylation is 1. The Morgan fingerprint density at radius 3 is 2.57 bits per heavy atom. The molecule has 2 N–H and O–H groups in total. The fraction of sp³-hybridized carbons (Fsp3) is 0.167. The van der Waals surface area contributed by atoms with Gasteiger partial charge < -0.3 is 14.9 Å². The topological polar surface area (TPSA) is 101 Å². The Hall–Kier alpha value is -3.92. The van der Waals surface area contributed by atoms with Crippen molar-refractivity contribution < 1.29 is 27.6 Å². The molecule has 4 rings (SSSR count). The summed E-state index contributed by atoms with van der Waals surface area (Å²) in [6, 6.07) is 11.9. The zero-order chi connectivity index (χ0) is 25.2. The lowest BCUT2D eigenvalue weighted by Crippen LogP contribution is -2.08. The Morgan fingerprint density at radius 2 is 1.89 bits per heavy atom. The van der Waals surface area contributed by atoms with Crippen LogP contribution in [0.4, 0.5) is 19.0 Å². The van der Waals surface area contributed by atoms with Crippen molar-refractivity contribution in [2.45, 2.75) is 19.5 Å². The molecular formula is C24H18ClF3N4O3. The predicted molar refractivity (Wildman–Crippen MR) is 124 cm³/mol. The van der Waals surface area contributed by atoms with Crippen molar-refractivity contribution in [3.05, 3.63) is 70.9 Å². The minimum absolute atomic E-state index is 0.0893. The summed E-state index contributed by atoms with van der Waals surface area (Å²) < 4.78 is 45.7. The number of anilines is 1. The van der Waals surface area contributed by atoms with Crippen LogP contribution in [-0.2, 0) is 11.0 Å². The molecule has 2 heterocycles. The number of carboxylic acids is 1. The number of hydrogen-bond donors (Lipinski definition) is 2. The largest absolute Gasteiger partial charge is 0.481 e. The third-order valence-corrected chi connectivity index (χ3v) is 5.44. The van der Waals surface area contributed by atoms with Gasteiger partial charge in [-0.1, -0.05) is 41.0 Å². The fourth-order valence-electron chi connectivity index (χ4n) is 3.50. The fourth-order valence-corrected chi connectivity index (χ4v) is 3.73. The summed E-state index contributed by atoms with van der Waals surface area (Å²) in [5.41, 5.74) is 1.46. The standard InChI is InChI=1S/C24H18ClF3N4O3/c1-13-10-14(6-7-16(13)17-4-2-3-5-18(17)24(26,27)28)23-31-21(32-35-23)15-11-19(25)22(30-12-15)29-9-8-20(33)34/h2-7,10-12H,8-9H2,1H3,(H,29,30)(H,33,34). The number of alkyl halides is 3. The van der Waals surface area contributed by atoms with Crippen LogP contribution in [0.1, 0.15) is 17.5 Å². The molecule has 0 saturated carbocycles. The number of hydrogen-bond acceptors (Lipinski definition) is 6. The molecule has 0 radical (unpaired) electrons. The summed E-state index contributed by atoms with van der Waals surface area (Å²) in [7, 11) is 0. The molecule has 4 aromatic rings. The van der Waals surface area contributed by atoms with Gasteiger partial charge in [-0.15, -0.1) is 0 Å². The van der Waals surface area contributed by atoms with Crippen molar-refractivity contribution in [3.8, 4) is 34.0 Å². The molecular weight excluding hydrogens is 485 g/mol. The number of rotatable bonds is 7. The maximum Gasteiger partial charge on any atom is 0.417 e. The second-order valence-electron chi connectivity index (χ2n) is 7.62. The Bertz CT molecular complexity index is 1390. The Balaban J connectivity index is 1.58. The number of aromatic nitrogens is 3. The maximum absolute atomic E-state index is 13.4. The number of aliphatic carboxylic acids is 1. The van der Waals surface area contributed by atoms with Crippen molar-refractivity contribution in [1.29, 1.82) is 0 Å². The molecule has 2 aromatic heterocycles. The minimum atomic E-state index is -4.47. The summed E-state index contributed by atoms with van der Waals surface area (Å²) >= 11 is 6.22. The summed E-state index contributed by atoms with van der Waals surface area (Å²) in [5, 5.41) is 15.7. The van der Waals surface area contributed by atoms with E-state index in [0.717, 1.165) is 6.07 Å². The van der Waals surface area contributed by atoms with Gasteiger partial charge in [-0.3, -0.25) is 4.79 Å². The highest BCUT2D eigenvalue weighted by molar-refractivity contribution is 6.33. The van der Waals surface area contributed by atoms with Crippen molar-refractivity contribution >= 4 is 23.4 Å². The van der Waals surface area contributed by atoms with Gasteiger partial charge in [0.15, 0.2) is 0 Å². The molecule has 0 aliphatic heterocycles. The van der Waals surface area contributed by atoms with Gasteiger partial charge in [0.1, 0.15) is 5.82 Å². The predicted octanol–water partition coefficient (Wildman–Crippen LogP) is 6.33. The van der Waals surface area contributed by atoms with Crippen LogP contribution in [0.15, 0.2) is 59.3 Å². The van der Waals surface area contributed by atoms with Crippen LogP contribution in [0.5, 0.6) is 0 Å². The first kappa shape index (κ1) is 24.2. The number of nitrogens with zero attached hydrogens (tertiary/aromatic N) is 3. The number of carbonyl (C=O) groups is 1. The zero-order valence-electron chi connectivity index (χ0n) is 18.2. The van der Waals surface area contributed by atoms with Gasteiger partial charge in [-0.2, -0.15) is 18.2 Å². The summed E-state index contributed by atoms with van der Waals surface area (Å²) in [4.78, 5) is 19.2. The van der Waals surface area contributed by atoms with Crippen LogP contribution in [0.3, 0.4) is 0 Å². The lowest BCUT2D eigenvalue weighted by Gasteiger charge is -2.14. The van der Waals surface area contributed by atoms with E-state index in [4.69, 9.17) is 21.2 Å². The highest BCUT2D eigenvalue weighted by Gasteiger charge is 2.33. The van der Waals surface area contributed by atoms with Crippen LogP contribution >= 0.6 is 11.6 Å². The Kier molecular flexibility index (Phi) is 6.74. The molecule has 0 amide bonds. The molecule has 0 bridgehead atoms. The third-order valence-electron chi connectivity index (χ3n) is 5.15. The third kappa shape index (κ3) is 5.43. The molecule has 0 unspecified atom stereocenters. The molecule has 0 saturated heterocycles. The van der Waals surface area contributed by atoms with Crippen LogP contribution < -0.4 is 5.32 Å². The number of nitrogens with one attached hydrogen (secondary N) is 1. The monoisotopic (exact) mass is 502 g/mol. The average molecular weight is 503 g/mol. The highest BCUT2D eigenvalue weighted by Crippen LogP contribution is 2.39. The number of halogens is 4. The molecule has 0 aliphatic carbocycles. The number of pyridine rings is 1. The van der Waals surface area contributed by atoms with E-state index in [-0.39, 0.29) is 35.3 Å². The van der Waals surface area contributed by atoms with E-state index in [9.17, 15) is 18.0 Å². The molecule has 0 atom stereocenters. The highest BCUT2D eigenvalue weighted by atomic mass is 35.5. The SMILES string of the molecule is Cc1cc(-c2nc(-c3cnc(NCCC(=O)O)c(Cl)c3)no2)ccc1-c1ccccc1C(F)(F)F. The molecule has 0 spiro atoms. The maximum atomic E-state index is 13.4. The molecule has 0 fully saturated rings. The van der Waals surface area contributed by atoms with E-state index in [2.05, 4.69) is 20.4 Å². The van der Waals surface area contributed by atoms with Crippen LogP contribution in [0, 0.1) is 6.92 Å². The van der Waals surface area contributed by atoms with E-state index in [1.54, 1.807) is 37.3 Å².